The van der Waals surface area contributed by atoms with Crippen LogP contribution in [0.1, 0.15) is 11.1 Å². The molecule has 0 saturated carbocycles. The lowest BCUT2D eigenvalue weighted by Crippen LogP contribution is -2.01. The number of methoxy groups -OCH3 is 2. The first-order valence-corrected chi connectivity index (χ1v) is 6.44. The predicted molar refractivity (Wildman–Crippen MR) is 77.9 cm³/mol. The summed E-state index contributed by atoms with van der Waals surface area (Å²) in [4.78, 5) is 0. The van der Waals surface area contributed by atoms with Gasteiger partial charge in [0, 0.05) is 0 Å². The molecule has 0 aliphatic carbocycles. The molecule has 2 rings (SSSR count). The normalized spacial score (nSPS) is 10.2. The number of phenols is 1. The maximum absolute atomic E-state index is 9.45. The van der Waals surface area contributed by atoms with Crippen molar-refractivity contribution in [2.24, 2.45) is 0 Å². The van der Waals surface area contributed by atoms with Gasteiger partial charge < -0.3 is 24.4 Å². The molecule has 0 spiro atoms. The van der Waals surface area contributed by atoms with Crippen LogP contribution in [0.15, 0.2) is 36.4 Å². The number of aliphatic hydroxyl groups excluding tert-OH is 1. The van der Waals surface area contributed by atoms with Crippen molar-refractivity contribution < 1.29 is 24.4 Å². The molecule has 5 nitrogen and oxygen atoms in total. The fourth-order valence-corrected chi connectivity index (χ4v) is 1.97. The first kappa shape index (κ1) is 15.0. The second-order valence-corrected chi connectivity index (χ2v) is 4.45. The molecule has 0 fully saturated rings. The van der Waals surface area contributed by atoms with Crippen LogP contribution in [0.25, 0.3) is 0 Å². The van der Waals surface area contributed by atoms with E-state index >= 15 is 0 Å². The first-order chi connectivity index (χ1) is 10.2. The molecule has 0 radical (unpaired) electrons. The van der Waals surface area contributed by atoms with E-state index in [1.165, 1.54) is 14.2 Å². The third-order valence-electron chi connectivity index (χ3n) is 3.00. The van der Waals surface area contributed by atoms with Crippen molar-refractivity contribution in [3.8, 4) is 23.0 Å². The van der Waals surface area contributed by atoms with Gasteiger partial charge in [-0.1, -0.05) is 12.1 Å². The van der Waals surface area contributed by atoms with Gasteiger partial charge in [-0.2, -0.15) is 0 Å². The third kappa shape index (κ3) is 3.58. The van der Waals surface area contributed by atoms with Gasteiger partial charge in [0.2, 0.25) is 5.75 Å². The van der Waals surface area contributed by atoms with Crippen molar-refractivity contribution in [2.75, 3.05) is 14.2 Å². The number of rotatable bonds is 6. The molecule has 2 aromatic rings. The second kappa shape index (κ2) is 6.85. The highest BCUT2D eigenvalue weighted by molar-refractivity contribution is 5.53. The standard InChI is InChI=1S/C16H18O5/c1-19-14-7-12(9-17)8-15(20-2)16(14)21-10-11-4-3-5-13(18)6-11/h3-8,17-18H,9-10H2,1-2H3. The molecule has 0 aromatic heterocycles. The van der Waals surface area contributed by atoms with Crippen LogP contribution < -0.4 is 14.2 Å². The number of benzene rings is 2. The van der Waals surface area contributed by atoms with Crippen LogP contribution in [0.2, 0.25) is 0 Å². The molecule has 0 aliphatic heterocycles. The van der Waals surface area contributed by atoms with Crippen LogP contribution in [0.5, 0.6) is 23.0 Å². The minimum absolute atomic E-state index is 0.112. The van der Waals surface area contributed by atoms with Gasteiger partial charge in [0.15, 0.2) is 11.5 Å². The smallest absolute Gasteiger partial charge is 0.203 e. The lowest BCUT2D eigenvalue weighted by molar-refractivity contribution is 0.260. The van der Waals surface area contributed by atoms with Gasteiger partial charge in [0.25, 0.3) is 0 Å². The average molecular weight is 290 g/mol. The summed E-state index contributed by atoms with van der Waals surface area (Å²) in [6.45, 7) is 0.152. The van der Waals surface area contributed by atoms with Crippen molar-refractivity contribution in [3.05, 3.63) is 47.5 Å². The molecule has 0 saturated heterocycles. The van der Waals surface area contributed by atoms with E-state index in [-0.39, 0.29) is 19.0 Å². The zero-order valence-corrected chi connectivity index (χ0v) is 12.0. The van der Waals surface area contributed by atoms with Crippen LogP contribution in [0, 0.1) is 0 Å². The molecule has 5 heteroatoms. The van der Waals surface area contributed by atoms with E-state index < -0.39 is 0 Å². The van der Waals surface area contributed by atoms with Gasteiger partial charge in [-0.3, -0.25) is 0 Å². The fourth-order valence-electron chi connectivity index (χ4n) is 1.97. The summed E-state index contributed by atoms with van der Waals surface area (Å²) in [6, 6.07) is 10.2. The Morgan fingerprint density at radius 1 is 0.952 bits per heavy atom. The number of aromatic hydroxyl groups is 1. The molecule has 112 valence electrons. The Labute approximate surface area is 123 Å². The highest BCUT2D eigenvalue weighted by Gasteiger charge is 2.14. The van der Waals surface area contributed by atoms with E-state index in [0.717, 1.165) is 5.56 Å². The zero-order valence-electron chi connectivity index (χ0n) is 12.0. The van der Waals surface area contributed by atoms with E-state index in [1.54, 1.807) is 30.3 Å². The molecule has 0 atom stereocenters. The van der Waals surface area contributed by atoms with Crippen LogP contribution in [-0.2, 0) is 13.2 Å². The molecule has 0 unspecified atom stereocenters. The summed E-state index contributed by atoms with van der Waals surface area (Å²) in [5.74, 6) is 1.61. The Morgan fingerprint density at radius 3 is 2.14 bits per heavy atom. The molecule has 21 heavy (non-hydrogen) atoms. The number of hydrogen-bond acceptors (Lipinski definition) is 5. The fraction of sp³-hybridized carbons (Fsp3) is 0.250. The number of hydrogen-bond donors (Lipinski definition) is 2. The monoisotopic (exact) mass is 290 g/mol. The minimum atomic E-state index is -0.112. The van der Waals surface area contributed by atoms with E-state index in [0.29, 0.717) is 22.8 Å². The summed E-state index contributed by atoms with van der Waals surface area (Å²) < 4.78 is 16.3. The Morgan fingerprint density at radius 2 is 1.62 bits per heavy atom. The Balaban J connectivity index is 2.26. The molecule has 0 aliphatic rings. The lowest BCUT2D eigenvalue weighted by Gasteiger charge is -2.15. The summed E-state index contributed by atoms with van der Waals surface area (Å²) in [5, 5.41) is 18.7. The van der Waals surface area contributed by atoms with Crippen LogP contribution >= 0.6 is 0 Å². The number of aliphatic hydroxyl groups is 1. The van der Waals surface area contributed by atoms with Crippen molar-refractivity contribution in [1.82, 2.24) is 0 Å². The van der Waals surface area contributed by atoms with E-state index in [1.807, 2.05) is 6.07 Å². The maximum atomic E-state index is 9.45. The largest absolute Gasteiger partial charge is 0.508 e. The highest BCUT2D eigenvalue weighted by Crippen LogP contribution is 2.39. The molecule has 2 aromatic carbocycles. The third-order valence-corrected chi connectivity index (χ3v) is 3.00. The zero-order chi connectivity index (χ0) is 15.2. The van der Waals surface area contributed by atoms with Crippen LogP contribution in [0.4, 0.5) is 0 Å². The van der Waals surface area contributed by atoms with E-state index in [2.05, 4.69) is 0 Å². The van der Waals surface area contributed by atoms with Gasteiger partial charge in [-0.05, 0) is 35.4 Å². The molecular weight excluding hydrogens is 272 g/mol. The SMILES string of the molecule is COc1cc(CO)cc(OC)c1OCc1cccc(O)c1. The van der Waals surface area contributed by atoms with Crippen molar-refractivity contribution in [2.45, 2.75) is 13.2 Å². The minimum Gasteiger partial charge on any atom is -0.508 e. The summed E-state index contributed by atoms with van der Waals surface area (Å²) >= 11 is 0. The quantitative estimate of drug-likeness (QED) is 0.855. The van der Waals surface area contributed by atoms with Crippen molar-refractivity contribution in [1.29, 1.82) is 0 Å². The highest BCUT2D eigenvalue weighted by atomic mass is 16.5. The molecular formula is C16H18O5. The number of phenolic OH excluding ortho intramolecular Hbond substituents is 1. The maximum Gasteiger partial charge on any atom is 0.203 e. The van der Waals surface area contributed by atoms with Crippen LogP contribution in [0.3, 0.4) is 0 Å². The molecule has 0 heterocycles. The second-order valence-electron chi connectivity index (χ2n) is 4.45. The van der Waals surface area contributed by atoms with Crippen LogP contribution in [-0.4, -0.2) is 24.4 Å². The average Bonchev–Trinajstić information content (AvgIpc) is 2.52. The number of ether oxygens (including phenoxy) is 3. The van der Waals surface area contributed by atoms with Gasteiger partial charge in [-0.25, -0.2) is 0 Å². The van der Waals surface area contributed by atoms with Crippen molar-refractivity contribution >= 4 is 0 Å². The van der Waals surface area contributed by atoms with Gasteiger partial charge in [-0.15, -0.1) is 0 Å². The predicted octanol–water partition coefficient (Wildman–Crippen LogP) is 2.48. The van der Waals surface area contributed by atoms with E-state index in [9.17, 15) is 10.2 Å². The first-order valence-electron chi connectivity index (χ1n) is 6.44. The molecule has 2 N–H and O–H groups in total. The topological polar surface area (TPSA) is 68.2 Å². The van der Waals surface area contributed by atoms with Crippen molar-refractivity contribution in [3.63, 3.8) is 0 Å². The van der Waals surface area contributed by atoms with Gasteiger partial charge >= 0.3 is 0 Å². The van der Waals surface area contributed by atoms with Gasteiger partial charge in [0.05, 0.1) is 20.8 Å². The lowest BCUT2D eigenvalue weighted by atomic mass is 10.2. The molecule has 0 bridgehead atoms. The Hall–Kier alpha value is -2.40. The van der Waals surface area contributed by atoms with Gasteiger partial charge in [0.1, 0.15) is 12.4 Å². The Kier molecular flexibility index (Phi) is 4.90. The van der Waals surface area contributed by atoms with E-state index in [4.69, 9.17) is 14.2 Å². The summed E-state index contributed by atoms with van der Waals surface area (Å²) in [5.41, 5.74) is 1.50. The summed E-state index contributed by atoms with van der Waals surface area (Å²) in [6.07, 6.45) is 0. The molecule has 0 amide bonds. The Bertz CT molecular complexity index is 584. The summed E-state index contributed by atoms with van der Waals surface area (Å²) in [7, 11) is 3.05.